The molecule has 11 heteroatoms. The molecule has 0 bridgehead atoms. The van der Waals surface area contributed by atoms with Gasteiger partial charge in [-0.1, -0.05) is 35.1 Å². The van der Waals surface area contributed by atoms with Gasteiger partial charge in [0, 0.05) is 0 Å². The predicted octanol–water partition coefficient (Wildman–Crippen LogP) is 2.58. The molecule has 122 valence electrons. The van der Waals surface area contributed by atoms with E-state index in [0.29, 0.717) is 0 Å². The maximum Gasteiger partial charge on any atom is 0.445 e. The maximum atomic E-state index is 12.3. The molecule has 0 saturated carbocycles. The zero-order valence-electron chi connectivity index (χ0n) is 11.1. The van der Waals surface area contributed by atoms with Crippen molar-refractivity contribution in [3.8, 4) is 0 Å². The molecule has 1 aromatic carbocycles. The van der Waals surface area contributed by atoms with Gasteiger partial charge in [-0.15, -0.1) is 10.2 Å². The van der Waals surface area contributed by atoms with E-state index in [1.54, 1.807) is 12.1 Å². The van der Waals surface area contributed by atoms with Crippen LogP contribution in [0.3, 0.4) is 0 Å². The van der Waals surface area contributed by atoms with Crippen molar-refractivity contribution in [2.45, 2.75) is 6.18 Å². The highest BCUT2D eigenvalue weighted by atomic mass is 35.5. The Morgan fingerprint density at radius 2 is 1.91 bits per heavy atom. The van der Waals surface area contributed by atoms with Crippen LogP contribution in [0.2, 0.25) is 5.02 Å². The number of anilines is 1. The third kappa shape index (κ3) is 4.63. The van der Waals surface area contributed by atoms with Crippen LogP contribution in [0.15, 0.2) is 24.3 Å². The maximum absolute atomic E-state index is 12.3. The molecule has 0 saturated heterocycles. The second kappa shape index (κ2) is 6.92. The topological polar surface area (TPSA) is 84.0 Å². The van der Waals surface area contributed by atoms with Crippen LogP contribution < -0.4 is 10.6 Å². The summed E-state index contributed by atoms with van der Waals surface area (Å²) in [6.45, 7) is -0.453. The number of alkyl halides is 3. The predicted molar refractivity (Wildman–Crippen MR) is 77.3 cm³/mol. The van der Waals surface area contributed by atoms with Crippen molar-refractivity contribution in [1.29, 1.82) is 0 Å². The first-order valence-electron chi connectivity index (χ1n) is 6.00. The molecule has 0 atom stereocenters. The summed E-state index contributed by atoms with van der Waals surface area (Å²) in [4.78, 5) is 23.4. The Morgan fingerprint density at radius 3 is 2.52 bits per heavy atom. The third-order valence-electron chi connectivity index (χ3n) is 2.44. The second-order valence-corrected chi connectivity index (χ2v) is 5.51. The van der Waals surface area contributed by atoms with Gasteiger partial charge in [-0.05, 0) is 12.1 Å². The summed E-state index contributed by atoms with van der Waals surface area (Å²) in [5.41, 5.74) is 0.178. The Bertz CT molecular complexity index is 735. The van der Waals surface area contributed by atoms with E-state index in [0.717, 1.165) is 0 Å². The van der Waals surface area contributed by atoms with E-state index >= 15 is 0 Å². The van der Waals surface area contributed by atoms with Crippen molar-refractivity contribution in [2.24, 2.45) is 0 Å². The van der Waals surface area contributed by atoms with Crippen LogP contribution in [-0.2, 0) is 11.0 Å². The number of benzene rings is 1. The normalized spacial score (nSPS) is 11.1. The van der Waals surface area contributed by atoms with Gasteiger partial charge in [0.2, 0.25) is 16.0 Å². The summed E-state index contributed by atoms with van der Waals surface area (Å²) >= 11 is 6.01. The van der Waals surface area contributed by atoms with E-state index in [-0.39, 0.29) is 27.1 Å². The molecule has 0 unspecified atom stereocenters. The van der Waals surface area contributed by atoms with E-state index < -0.39 is 29.5 Å². The standard InChI is InChI=1S/C12H8ClF3N4O2S/c13-7-4-2-1-3-6(7)9(22)17-5-8(21)18-11-20-19-10(23-11)12(14,15)16/h1-4H,5H2,(H,17,22)(H,18,20,21). The first-order chi connectivity index (χ1) is 10.8. The van der Waals surface area contributed by atoms with Gasteiger partial charge in [-0.25, -0.2) is 0 Å². The molecule has 0 aliphatic heterocycles. The molecule has 23 heavy (non-hydrogen) atoms. The Morgan fingerprint density at radius 1 is 1.22 bits per heavy atom. The lowest BCUT2D eigenvalue weighted by atomic mass is 10.2. The molecule has 0 aliphatic rings. The van der Waals surface area contributed by atoms with Crippen LogP contribution in [0.25, 0.3) is 0 Å². The number of nitrogens with one attached hydrogen (secondary N) is 2. The lowest BCUT2D eigenvalue weighted by Gasteiger charge is -2.06. The van der Waals surface area contributed by atoms with Gasteiger partial charge in [-0.2, -0.15) is 13.2 Å². The smallest absolute Gasteiger partial charge is 0.343 e. The molecule has 0 aliphatic carbocycles. The van der Waals surface area contributed by atoms with Crippen molar-refractivity contribution in [3.63, 3.8) is 0 Å². The average molecular weight is 365 g/mol. The second-order valence-electron chi connectivity index (χ2n) is 4.12. The highest BCUT2D eigenvalue weighted by Crippen LogP contribution is 2.32. The summed E-state index contributed by atoms with van der Waals surface area (Å²) in [5.74, 6) is -1.32. The van der Waals surface area contributed by atoms with Gasteiger partial charge in [0.25, 0.3) is 5.91 Å². The average Bonchev–Trinajstić information content (AvgIpc) is 2.94. The van der Waals surface area contributed by atoms with E-state index in [9.17, 15) is 22.8 Å². The van der Waals surface area contributed by atoms with Crippen molar-refractivity contribution in [1.82, 2.24) is 15.5 Å². The molecule has 2 aromatic rings. The molecule has 1 aromatic heterocycles. The fourth-order valence-corrected chi connectivity index (χ4v) is 2.30. The summed E-state index contributed by atoms with van der Waals surface area (Å²) in [5, 5.41) is 9.26. The van der Waals surface area contributed by atoms with Gasteiger partial charge >= 0.3 is 6.18 Å². The quantitative estimate of drug-likeness (QED) is 0.873. The van der Waals surface area contributed by atoms with Crippen LogP contribution in [-0.4, -0.2) is 28.6 Å². The Kier molecular flexibility index (Phi) is 5.16. The molecular formula is C12H8ClF3N4O2S. The first-order valence-corrected chi connectivity index (χ1v) is 7.20. The lowest BCUT2D eigenvalue weighted by molar-refractivity contribution is -0.138. The van der Waals surface area contributed by atoms with Crippen molar-refractivity contribution in [2.75, 3.05) is 11.9 Å². The lowest BCUT2D eigenvalue weighted by Crippen LogP contribution is -2.33. The van der Waals surface area contributed by atoms with E-state index in [2.05, 4.69) is 20.8 Å². The zero-order valence-corrected chi connectivity index (χ0v) is 12.7. The summed E-state index contributed by atoms with van der Waals surface area (Å²) in [7, 11) is 0. The number of carbonyl (C=O) groups excluding carboxylic acids is 2. The van der Waals surface area contributed by atoms with E-state index in [1.807, 2.05) is 0 Å². The van der Waals surface area contributed by atoms with Crippen LogP contribution in [0.5, 0.6) is 0 Å². The van der Waals surface area contributed by atoms with Crippen LogP contribution in [0, 0.1) is 0 Å². The minimum absolute atomic E-state index is 0.178. The number of carbonyl (C=O) groups is 2. The summed E-state index contributed by atoms with van der Waals surface area (Å²) in [6.07, 6.45) is -4.63. The Labute approximate surface area is 136 Å². The fourth-order valence-electron chi connectivity index (χ4n) is 1.45. The SMILES string of the molecule is O=C(CNC(=O)c1ccccc1Cl)Nc1nnc(C(F)(F)F)s1. The van der Waals surface area contributed by atoms with E-state index in [4.69, 9.17) is 11.6 Å². The highest BCUT2D eigenvalue weighted by Gasteiger charge is 2.35. The van der Waals surface area contributed by atoms with Gasteiger partial charge in [-0.3, -0.25) is 14.9 Å². The number of aromatic nitrogens is 2. The number of amides is 2. The van der Waals surface area contributed by atoms with Crippen LogP contribution in [0.4, 0.5) is 18.3 Å². The van der Waals surface area contributed by atoms with Gasteiger partial charge in [0.05, 0.1) is 17.1 Å². The minimum atomic E-state index is -4.63. The fraction of sp³-hybridized carbons (Fsp3) is 0.167. The summed E-state index contributed by atoms with van der Waals surface area (Å²) < 4.78 is 37.0. The molecule has 0 spiro atoms. The zero-order chi connectivity index (χ0) is 17.0. The number of rotatable bonds is 4. The molecule has 2 amide bonds. The molecule has 1 heterocycles. The number of nitrogens with zero attached hydrogens (tertiary/aromatic N) is 2. The molecule has 0 radical (unpaired) electrons. The van der Waals surface area contributed by atoms with Crippen molar-refractivity contribution >= 4 is 39.9 Å². The molecule has 6 nitrogen and oxygen atoms in total. The molecular weight excluding hydrogens is 357 g/mol. The third-order valence-corrected chi connectivity index (χ3v) is 3.65. The number of hydrogen-bond donors (Lipinski definition) is 2. The first kappa shape index (κ1) is 17.2. The monoisotopic (exact) mass is 364 g/mol. The number of halogens is 4. The Balaban J connectivity index is 1.89. The Hall–Kier alpha value is -2.20. The van der Waals surface area contributed by atoms with Gasteiger partial charge in [0.15, 0.2) is 0 Å². The van der Waals surface area contributed by atoms with Crippen molar-refractivity contribution in [3.05, 3.63) is 39.9 Å². The molecule has 0 fully saturated rings. The van der Waals surface area contributed by atoms with Gasteiger partial charge in [0.1, 0.15) is 0 Å². The highest BCUT2D eigenvalue weighted by molar-refractivity contribution is 7.15. The van der Waals surface area contributed by atoms with E-state index in [1.165, 1.54) is 12.1 Å². The molecule has 2 N–H and O–H groups in total. The number of hydrogen-bond acceptors (Lipinski definition) is 5. The summed E-state index contributed by atoms with van der Waals surface area (Å²) in [6, 6.07) is 6.21. The minimum Gasteiger partial charge on any atom is -0.343 e. The van der Waals surface area contributed by atoms with Crippen LogP contribution >= 0.6 is 22.9 Å². The molecule has 2 rings (SSSR count). The van der Waals surface area contributed by atoms with Crippen LogP contribution in [0.1, 0.15) is 15.4 Å². The van der Waals surface area contributed by atoms with Gasteiger partial charge < -0.3 is 5.32 Å². The van der Waals surface area contributed by atoms with Crippen molar-refractivity contribution < 1.29 is 22.8 Å². The largest absolute Gasteiger partial charge is 0.445 e.